The van der Waals surface area contributed by atoms with Gasteiger partial charge in [0, 0.05) is 32.2 Å². The highest BCUT2D eigenvalue weighted by molar-refractivity contribution is 5.86. The lowest BCUT2D eigenvalue weighted by atomic mass is 10.1. The minimum atomic E-state index is -3.38. The second-order valence-electron chi connectivity index (χ2n) is 6.73. The molecule has 1 amide bonds. The highest BCUT2D eigenvalue weighted by atomic mass is 19.3. The van der Waals surface area contributed by atoms with Crippen molar-refractivity contribution >= 4 is 11.9 Å². The molecule has 0 spiro atoms. The van der Waals surface area contributed by atoms with Gasteiger partial charge in [0.1, 0.15) is 0 Å². The molecule has 0 aromatic carbocycles. The first kappa shape index (κ1) is 23.1. The van der Waals surface area contributed by atoms with Gasteiger partial charge >= 0.3 is 11.9 Å². The van der Waals surface area contributed by atoms with Crippen LogP contribution in [0.3, 0.4) is 0 Å². The Labute approximate surface area is 159 Å². The van der Waals surface area contributed by atoms with Gasteiger partial charge < -0.3 is 15.1 Å². The molecular weight excluding hydrogens is 356 g/mol. The van der Waals surface area contributed by atoms with E-state index in [-0.39, 0.29) is 13.0 Å². The molecule has 2 atom stereocenters. The molecule has 0 saturated carbocycles. The van der Waals surface area contributed by atoms with Gasteiger partial charge in [-0.1, -0.05) is 31.9 Å². The van der Waals surface area contributed by atoms with Crippen molar-refractivity contribution in [3.63, 3.8) is 0 Å². The Morgan fingerprint density at radius 2 is 2.04 bits per heavy atom. The maximum Gasteiger partial charge on any atom is 0.327 e. The van der Waals surface area contributed by atoms with E-state index in [0.29, 0.717) is 38.5 Å². The molecule has 0 radical (unpaired) electrons. The molecule has 2 N–H and O–H groups in total. The van der Waals surface area contributed by atoms with Gasteiger partial charge in [0.25, 0.3) is 5.91 Å². The molecular formula is C20H29F2NO4. The second kappa shape index (κ2) is 11.7. The average molecular weight is 385 g/mol. The summed E-state index contributed by atoms with van der Waals surface area (Å²) in [6, 6.07) is -0.733. The standard InChI is InChI=1S/C20H29F2NO4/c1-2-3-4-7-10-17(24)13-12-16-15-20(21,22)19(27)23(16)14-9-6-5-8-11-18(25)26/h12-13,16-17,24H,2,5-11,14-15H2,1H3,(H,25,26)/b13-12+/t16-,17-/m0/s1. The van der Waals surface area contributed by atoms with E-state index >= 15 is 0 Å². The number of unbranched alkanes of at least 4 members (excludes halogenated alkanes) is 3. The largest absolute Gasteiger partial charge is 0.481 e. The molecule has 1 heterocycles. The van der Waals surface area contributed by atoms with E-state index in [1.165, 1.54) is 12.2 Å². The monoisotopic (exact) mass is 385 g/mol. The van der Waals surface area contributed by atoms with Crippen LogP contribution in [0.15, 0.2) is 12.2 Å². The number of carboxylic acid groups (broad SMARTS) is 1. The Morgan fingerprint density at radius 3 is 2.70 bits per heavy atom. The van der Waals surface area contributed by atoms with Gasteiger partial charge in [-0.15, -0.1) is 11.8 Å². The predicted molar refractivity (Wildman–Crippen MR) is 98.2 cm³/mol. The summed E-state index contributed by atoms with van der Waals surface area (Å²) in [6.07, 6.45) is 5.82. The summed E-state index contributed by atoms with van der Waals surface area (Å²) >= 11 is 0. The Morgan fingerprint density at radius 1 is 1.33 bits per heavy atom. The zero-order valence-corrected chi connectivity index (χ0v) is 15.8. The number of aliphatic hydroxyl groups excluding tert-OH is 1. The van der Waals surface area contributed by atoms with Crippen LogP contribution in [-0.4, -0.2) is 51.6 Å². The number of aliphatic hydroxyl groups is 1. The molecule has 0 aliphatic carbocycles. The summed E-state index contributed by atoms with van der Waals surface area (Å²) in [5, 5.41) is 18.5. The van der Waals surface area contributed by atoms with Crippen molar-refractivity contribution in [3.05, 3.63) is 12.2 Å². The fourth-order valence-electron chi connectivity index (χ4n) is 2.96. The molecule has 1 aliphatic rings. The Kier molecular flexibility index (Phi) is 10.0. The number of carbonyl (C=O) groups excluding carboxylic acids is 1. The fraction of sp³-hybridized carbons (Fsp3) is 0.700. The summed E-state index contributed by atoms with van der Waals surface area (Å²) in [7, 11) is 0. The summed E-state index contributed by atoms with van der Waals surface area (Å²) in [5.41, 5.74) is 0. The lowest BCUT2D eigenvalue weighted by Gasteiger charge is -2.22. The summed E-state index contributed by atoms with van der Waals surface area (Å²) in [6.45, 7) is 2.13. The number of carbonyl (C=O) groups is 2. The van der Waals surface area contributed by atoms with Crippen LogP contribution in [0.5, 0.6) is 0 Å². The first-order valence-corrected chi connectivity index (χ1v) is 9.50. The van der Waals surface area contributed by atoms with E-state index in [4.69, 9.17) is 5.11 Å². The summed E-state index contributed by atoms with van der Waals surface area (Å²) < 4.78 is 27.6. The van der Waals surface area contributed by atoms with Gasteiger partial charge in [-0.3, -0.25) is 9.59 Å². The number of hydrogen-bond acceptors (Lipinski definition) is 3. The van der Waals surface area contributed by atoms with Gasteiger partial charge in [0.05, 0.1) is 12.1 Å². The fourth-order valence-corrected chi connectivity index (χ4v) is 2.96. The lowest BCUT2D eigenvalue weighted by molar-refractivity contribution is -0.148. The van der Waals surface area contributed by atoms with Gasteiger partial charge in [-0.2, -0.15) is 8.78 Å². The van der Waals surface area contributed by atoms with Crippen molar-refractivity contribution in [3.8, 4) is 11.8 Å². The van der Waals surface area contributed by atoms with Crippen molar-refractivity contribution in [2.24, 2.45) is 0 Å². The number of carboxylic acids is 1. The van der Waals surface area contributed by atoms with Crippen LogP contribution in [0.25, 0.3) is 0 Å². The van der Waals surface area contributed by atoms with Crippen molar-refractivity contribution in [1.29, 1.82) is 0 Å². The van der Waals surface area contributed by atoms with Gasteiger partial charge in [0.2, 0.25) is 0 Å². The molecule has 0 aromatic heterocycles. The number of nitrogens with zero attached hydrogens (tertiary/aromatic N) is 1. The van der Waals surface area contributed by atoms with Crippen LogP contribution >= 0.6 is 0 Å². The topological polar surface area (TPSA) is 77.8 Å². The number of hydrogen-bond donors (Lipinski definition) is 2. The number of rotatable bonds is 11. The summed E-state index contributed by atoms with van der Waals surface area (Å²) in [4.78, 5) is 23.5. The Hall–Kier alpha value is -1.94. The molecule has 0 aromatic rings. The van der Waals surface area contributed by atoms with Crippen molar-refractivity contribution in [2.75, 3.05) is 6.54 Å². The maximum absolute atomic E-state index is 13.8. The van der Waals surface area contributed by atoms with E-state index in [1.54, 1.807) is 0 Å². The highest BCUT2D eigenvalue weighted by Crippen LogP contribution is 2.34. The van der Waals surface area contributed by atoms with Gasteiger partial charge in [-0.05, 0) is 19.3 Å². The molecule has 7 heteroatoms. The minimum absolute atomic E-state index is 0.0899. The third-order valence-corrected chi connectivity index (χ3v) is 4.40. The van der Waals surface area contributed by atoms with Crippen LogP contribution in [-0.2, 0) is 9.59 Å². The molecule has 5 nitrogen and oxygen atoms in total. The quantitative estimate of drug-likeness (QED) is 0.325. The first-order valence-electron chi connectivity index (χ1n) is 9.50. The Bertz CT molecular complexity index is 580. The molecule has 0 bridgehead atoms. The van der Waals surface area contributed by atoms with E-state index in [0.717, 1.165) is 11.3 Å². The molecule has 0 unspecified atom stereocenters. The number of alkyl halides is 2. The molecule has 1 saturated heterocycles. The third kappa shape index (κ3) is 8.53. The zero-order chi connectivity index (χ0) is 20.3. The molecule has 1 rings (SSSR count). The third-order valence-electron chi connectivity index (χ3n) is 4.40. The average Bonchev–Trinajstić information content (AvgIpc) is 2.82. The maximum atomic E-state index is 13.8. The summed E-state index contributed by atoms with van der Waals surface area (Å²) in [5.74, 6) is 0.401. The lowest BCUT2D eigenvalue weighted by Crippen LogP contribution is -2.36. The van der Waals surface area contributed by atoms with Gasteiger partial charge in [0.15, 0.2) is 0 Å². The minimum Gasteiger partial charge on any atom is -0.481 e. The Balaban J connectivity index is 2.50. The van der Waals surface area contributed by atoms with Gasteiger partial charge in [-0.25, -0.2) is 0 Å². The molecule has 1 fully saturated rings. The zero-order valence-electron chi connectivity index (χ0n) is 15.8. The van der Waals surface area contributed by atoms with Crippen molar-refractivity contribution in [1.82, 2.24) is 4.90 Å². The molecule has 1 aliphatic heterocycles. The van der Waals surface area contributed by atoms with E-state index < -0.39 is 36.4 Å². The van der Waals surface area contributed by atoms with Crippen molar-refractivity contribution in [2.45, 2.75) is 82.8 Å². The van der Waals surface area contributed by atoms with E-state index in [1.807, 2.05) is 6.92 Å². The van der Waals surface area contributed by atoms with Crippen LogP contribution in [0, 0.1) is 11.8 Å². The smallest absolute Gasteiger partial charge is 0.327 e. The van der Waals surface area contributed by atoms with E-state index in [2.05, 4.69) is 11.8 Å². The SMILES string of the molecule is CCC#CCC[C@H](O)/C=C/[C@H]1CC(F)(F)C(=O)N1CCCCCCC(=O)O. The van der Waals surface area contributed by atoms with Crippen LogP contribution in [0.2, 0.25) is 0 Å². The van der Waals surface area contributed by atoms with Crippen LogP contribution < -0.4 is 0 Å². The number of likely N-dealkylation sites (tertiary alicyclic amines) is 1. The van der Waals surface area contributed by atoms with Crippen molar-refractivity contribution < 1.29 is 28.6 Å². The first-order chi connectivity index (χ1) is 12.8. The normalized spacial score (nSPS) is 19.9. The highest BCUT2D eigenvalue weighted by Gasteiger charge is 2.52. The number of aliphatic carboxylic acids is 1. The molecule has 27 heavy (non-hydrogen) atoms. The van der Waals surface area contributed by atoms with E-state index in [9.17, 15) is 23.5 Å². The number of halogens is 2. The molecule has 152 valence electrons. The van der Waals surface area contributed by atoms with Crippen LogP contribution in [0.1, 0.15) is 64.7 Å². The number of amides is 1. The second-order valence-corrected chi connectivity index (χ2v) is 6.73. The van der Waals surface area contributed by atoms with Crippen LogP contribution in [0.4, 0.5) is 8.78 Å². The predicted octanol–water partition coefficient (Wildman–Crippen LogP) is 3.37.